The Kier molecular flexibility index (Phi) is 3.29. The molecular weight excluding hydrogens is 180 g/mol. The average Bonchev–Trinajstić information content (AvgIpc) is 2.19. The van der Waals surface area contributed by atoms with E-state index in [9.17, 15) is 9.90 Å². The van der Waals surface area contributed by atoms with Crippen LogP contribution in [0.5, 0.6) is 11.5 Å². The van der Waals surface area contributed by atoms with E-state index in [1.165, 1.54) is 25.3 Å². The molecule has 0 fully saturated rings. The first-order valence-corrected chi connectivity index (χ1v) is 4.23. The summed E-state index contributed by atoms with van der Waals surface area (Å²) < 4.78 is 4.95. The number of phenolic OH excluding ortho intramolecular Hbond substituents is 1. The van der Waals surface area contributed by atoms with Gasteiger partial charge in [-0.15, -0.1) is 0 Å². The number of ketones is 1. The lowest BCUT2D eigenvalue weighted by Crippen LogP contribution is -1.95. The molecule has 14 heavy (non-hydrogen) atoms. The molecule has 0 aliphatic rings. The highest BCUT2D eigenvalue weighted by molar-refractivity contribution is 6.06. The molecule has 1 aromatic rings. The number of methoxy groups -OCH3 is 1. The van der Waals surface area contributed by atoms with Crippen molar-refractivity contribution in [1.82, 2.24) is 0 Å². The molecule has 0 aromatic heterocycles. The van der Waals surface area contributed by atoms with Crippen LogP contribution in [0.1, 0.15) is 17.3 Å². The summed E-state index contributed by atoms with van der Waals surface area (Å²) in [5.74, 6) is 0.286. The minimum absolute atomic E-state index is 0.0334. The number of carbonyl (C=O) groups excluding carboxylic acids is 1. The molecule has 0 heterocycles. The van der Waals surface area contributed by atoms with Crippen LogP contribution in [0.4, 0.5) is 0 Å². The summed E-state index contributed by atoms with van der Waals surface area (Å²) in [5, 5.41) is 9.42. The van der Waals surface area contributed by atoms with Crippen molar-refractivity contribution in [2.75, 3.05) is 7.11 Å². The van der Waals surface area contributed by atoms with Crippen molar-refractivity contribution in [1.29, 1.82) is 0 Å². The highest BCUT2D eigenvalue weighted by atomic mass is 16.5. The van der Waals surface area contributed by atoms with Gasteiger partial charge in [-0.3, -0.25) is 4.79 Å². The van der Waals surface area contributed by atoms with Gasteiger partial charge in [0, 0.05) is 0 Å². The lowest BCUT2D eigenvalue weighted by Gasteiger charge is -2.03. The monoisotopic (exact) mass is 192 g/mol. The average molecular weight is 192 g/mol. The molecule has 0 saturated heterocycles. The molecule has 0 aliphatic carbocycles. The molecule has 74 valence electrons. The van der Waals surface area contributed by atoms with E-state index in [2.05, 4.69) is 0 Å². The highest BCUT2D eigenvalue weighted by Gasteiger charge is 2.08. The maximum atomic E-state index is 11.4. The minimum Gasteiger partial charge on any atom is -0.507 e. The van der Waals surface area contributed by atoms with E-state index >= 15 is 0 Å². The zero-order chi connectivity index (χ0) is 10.6. The predicted molar refractivity (Wildman–Crippen MR) is 53.8 cm³/mol. The third-order valence-corrected chi connectivity index (χ3v) is 1.79. The SMILES string of the molecule is C/C=C\C(=O)c1cc(OC)ccc1O. The number of phenols is 1. The third kappa shape index (κ3) is 2.13. The molecule has 1 N–H and O–H groups in total. The van der Waals surface area contributed by atoms with E-state index in [-0.39, 0.29) is 17.1 Å². The maximum Gasteiger partial charge on any atom is 0.189 e. The van der Waals surface area contributed by atoms with Gasteiger partial charge in [0.2, 0.25) is 0 Å². The smallest absolute Gasteiger partial charge is 0.189 e. The number of benzene rings is 1. The summed E-state index contributed by atoms with van der Waals surface area (Å²) in [6.07, 6.45) is 3.02. The molecule has 1 aromatic carbocycles. The Balaban J connectivity index is 3.12. The van der Waals surface area contributed by atoms with Gasteiger partial charge in [0.25, 0.3) is 0 Å². The van der Waals surface area contributed by atoms with Gasteiger partial charge in [-0.1, -0.05) is 6.08 Å². The van der Waals surface area contributed by atoms with Gasteiger partial charge in [0.05, 0.1) is 12.7 Å². The number of allylic oxidation sites excluding steroid dienone is 2. The number of hydrogen-bond donors (Lipinski definition) is 1. The Bertz CT molecular complexity index is 367. The fourth-order valence-electron chi connectivity index (χ4n) is 1.08. The second kappa shape index (κ2) is 4.46. The molecule has 0 amide bonds. The second-order valence-corrected chi connectivity index (χ2v) is 2.75. The van der Waals surface area contributed by atoms with Crippen molar-refractivity contribution in [3.8, 4) is 11.5 Å². The standard InChI is InChI=1S/C11H12O3/c1-3-4-10(12)9-7-8(14-2)5-6-11(9)13/h3-7,13H,1-2H3/b4-3-. The van der Waals surface area contributed by atoms with Crippen LogP contribution < -0.4 is 4.74 Å². The fourth-order valence-corrected chi connectivity index (χ4v) is 1.08. The van der Waals surface area contributed by atoms with Crippen LogP contribution in [0.3, 0.4) is 0 Å². The summed E-state index contributed by atoms with van der Waals surface area (Å²) >= 11 is 0. The van der Waals surface area contributed by atoms with E-state index < -0.39 is 0 Å². The van der Waals surface area contributed by atoms with Crippen LogP contribution in [-0.4, -0.2) is 18.0 Å². The van der Waals surface area contributed by atoms with Gasteiger partial charge >= 0.3 is 0 Å². The van der Waals surface area contributed by atoms with Crippen molar-refractivity contribution in [2.45, 2.75) is 6.92 Å². The summed E-state index contributed by atoms with van der Waals surface area (Å²) in [4.78, 5) is 11.4. The van der Waals surface area contributed by atoms with E-state index in [0.29, 0.717) is 5.75 Å². The first-order chi connectivity index (χ1) is 6.69. The van der Waals surface area contributed by atoms with Gasteiger partial charge in [-0.05, 0) is 31.2 Å². The second-order valence-electron chi connectivity index (χ2n) is 2.75. The van der Waals surface area contributed by atoms with Gasteiger partial charge in [-0.25, -0.2) is 0 Å². The zero-order valence-corrected chi connectivity index (χ0v) is 8.15. The van der Waals surface area contributed by atoms with Crippen LogP contribution in [-0.2, 0) is 0 Å². The Labute approximate surface area is 82.6 Å². The Morgan fingerprint density at radius 3 is 2.79 bits per heavy atom. The molecule has 3 heteroatoms. The topological polar surface area (TPSA) is 46.5 Å². The molecule has 1 rings (SSSR count). The highest BCUT2D eigenvalue weighted by Crippen LogP contribution is 2.23. The number of aromatic hydroxyl groups is 1. The van der Waals surface area contributed by atoms with Crippen molar-refractivity contribution in [3.63, 3.8) is 0 Å². The Morgan fingerprint density at radius 2 is 2.21 bits per heavy atom. The Morgan fingerprint density at radius 1 is 1.50 bits per heavy atom. The summed E-state index contributed by atoms with van der Waals surface area (Å²) in [6, 6.07) is 4.55. The van der Waals surface area contributed by atoms with E-state index in [1.807, 2.05) is 0 Å². The fraction of sp³-hybridized carbons (Fsp3) is 0.182. The van der Waals surface area contributed by atoms with Crippen molar-refractivity contribution >= 4 is 5.78 Å². The van der Waals surface area contributed by atoms with Gasteiger partial charge in [-0.2, -0.15) is 0 Å². The van der Waals surface area contributed by atoms with Crippen LogP contribution in [0.25, 0.3) is 0 Å². The quantitative estimate of drug-likeness (QED) is 0.589. The van der Waals surface area contributed by atoms with Crippen LogP contribution in [0.15, 0.2) is 30.4 Å². The maximum absolute atomic E-state index is 11.4. The molecule has 0 bridgehead atoms. The molecule has 0 spiro atoms. The van der Waals surface area contributed by atoms with E-state index in [4.69, 9.17) is 4.74 Å². The summed E-state index contributed by atoms with van der Waals surface area (Å²) in [5.41, 5.74) is 0.252. The van der Waals surface area contributed by atoms with Gasteiger partial charge < -0.3 is 9.84 Å². The lowest BCUT2D eigenvalue weighted by atomic mass is 10.1. The summed E-state index contributed by atoms with van der Waals surface area (Å²) in [7, 11) is 1.51. The first-order valence-electron chi connectivity index (χ1n) is 4.23. The summed E-state index contributed by atoms with van der Waals surface area (Å²) in [6.45, 7) is 1.75. The molecule has 0 aliphatic heterocycles. The normalized spacial score (nSPS) is 10.4. The number of rotatable bonds is 3. The Hall–Kier alpha value is -1.77. The van der Waals surface area contributed by atoms with Gasteiger partial charge in [0.1, 0.15) is 11.5 Å². The van der Waals surface area contributed by atoms with Crippen LogP contribution in [0, 0.1) is 0 Å². The minimum atomic E-state index is -0.232. The predicted octanol–water partition coefficient (Wildman–Crippen LogP) is 2.16. The molecule has 0 radical (unpaired) electrons. The number of ether oxygens (including phenoxy) is 1. The largest absolute Gasteiger partial charge is 0.507 e. The van der Waals surface area contributed by atoms with E-state index in [1.54, 1.807) is 19.1 Å². The number of hydrogen-bond acceptors (Lipinski definition) is 3. The van der Waals surface area contributed by atoms with Crippen molar-refractivity contribution in [2.24, 2.45) is 0 Å². The van der Waals surface area contributed by atoms with Crippen molar-refractivity contribution < 1.29 is 14.6 Å². The molecule has 3 nitrogen and oxygen atoms in total. The van der Waals surface area contributed by atoms with Crippen LogP contribution >= 0.6 is 0 Å². The molecule has 0 saturated carbocycles. The first kappa shape index (κ1) is 10.3. The molecular formula is C11H12O3. The lowest BCUT2D eigenvalue weighted by molar-refractivity contribution is 0.104. The zero-order valence-electron chi connectivity index (χ0n) is 8.15. The number of carbonyl (C=O) groups is 1. The van der Waals surface area contributed by atoms with Gasteiger partial charge in [0.15, 0.2) is 5.78 Å². The molecule has 0 atom stereocenters. The third-order valence-electron chi connectivity index (χ3n) is 1.79. The van der Waals surface area contributed by atoms with Crippen LogP contribution in [0.2, 0.25) is 0 Å². The molecule has 0 unspecified atom stereocenters. The van der Waals surface area contributed by atoms with Crippen molar-refractivity contribution in [3.05, 3.63) is 35.9 Å². The van der Waals surface area contributed by atoms with E-state index in [0.717, 1.165) is 0 Å².